The van der Waals surface area contributed by atoms with Crippen LogP contribution < -0.4 is 63.4 Å². The van der Waals surface area contributed by atoms with Crippen LogP contribution in [0.2, 0.25) is 0 Å². The molecule has 688 valence electrons. The minimum atomic E-state index is -4.25. The van der Waals surface area contributed by atoms with Gasteiger partial charge in [-0.05, 0) is 170 Å². The number of para-hydroxylation sites is 1. The zero-order valence-corrected chi connectivity index (χ0v) is 74.2. The highest BCUT2D eigenvalue weighted by atomic mass is 32.2. The van der Waals surface area contributed by atoms with Gasteiger partial charge in [-0.25, -0.2) is 47.0 Å². The molecule has 0 unspecified atom stereocenters. The quantitative estimate of drug-likeness (QED) is 0.00964. The predicted octanol–water partition coefficient (Wildman–Crippen LogP) is 8.96. The third kappa shape index (κ3) is 28.8. The number of ether oxygens (including phenoxy) is 9. The molecule has 5 heterocycles. The zero-order valence-electron chi connectivity index (χ0n) is 73.4. The minimum Gasteiger partial charge on any atom is -0.466 e. The average Bonchev–Trinajstić information content (AvgIpc) is 1.61. The minimum absolute atomic E-state index is 0.0220. The van der Waals surface area contributed by atoms with E-state index in [0.717, 1.165) is 22.0 Å². The van der Waals surface area contributed by atoms with E-state index in [9.17, 15) is 70.7 Å². The second-order valence-electron chi connectivity index (χ2n) is 32.6. The number of carbonyl (C=O) groups is 12. The summed E-state index contributed by atoms with van der Waals surface area (Å²) < 4.78 is 81.5. The topological polar surface area (TPSA) is 493 Å². The number of nitrogens with zero attached hydrogens (tertiary/aromatic N) is 3. The van der Waals surface area contributed by atoms with Gasteiger partial charge in [0.25, 0.3) is 15.6 Å². The van der Waals surface area contributed by atoms with Crippen molar-refractivity contribution in [2.75, 3.05) is 106 Å². The van der Waals surface area contributed by atoms with Gasteiger partial charge in [0.2, 0.25) is 23.3 Å². The van der Waals surface area contributed by atoms with Crippen molar-refractivity contribution in [3.05, 3.63) is 141 Å². The van der Waals surface area contributed by atoms with E-state index in [1.165, 1.54) is 71.6 Å². The summed E-state index contributed by atoms with van der Waals surface area (Å²) in [6.07, 6.45) is -0.609. The van der Waals surface area contributed by atoms with Gasteiger partial charge in [0.1, 0.15) is 35.9 Å². The van der Waals surface area contributed by atoms with Crippen LogP contribution in [0.25, 0.3) is 22.3 Å². The summed E-state index contributed by atoms with van der Waals surface area (Å²) >= 11 is 0. The number of cyclic esters (lactones) is 1. The molecule has 1 fully saturated rings. The number of aryl methyl sites for hydroxylation is 1. The van der Waals surface area contributed by atoms with Crippen molar-refractivity contribution >= 4 is 116 Å². The molecule has 3 aliphatic rings. The van der Waals surface area contributed by atoms with E-state index < -0.39 is 147 Å². The Kier molecular flexibility index (Phi) is 35.7. The number of urea groups is 3. The molecule has 5 atom stereocenters. The van der Waals surface area contributed by atoms with Crippen LogP contribution in [-0.4, -0.2) is 210 Å². The van der Waals surface area contributed by atoms with Gasteiger partial charge in [-0.3, -0.25) is 33.5 Å². The van der Waals surface area contributed by atoms with Gasteiger partial charge in [0.15, 0.2) is 0 Å². The molecule has 2 aromatic heterocycles. The van der Waals surface area contributed by atoms with E-state index in [2.05, 4.69) is 57.9 Å². The van der Waals surface area contributed by atoms with E-state index in [0.29, 0.717) is 48.4 Å². The normalized spacial score (nSPS) is 15.3. The molecule has 11 amide bonds. The second-order valence-corrected chi connectivity index (χ2v) is 34.3. The number of aromatic nitrogens is 2. The van der Waals surface area contributed by atoms with Crippen LogP contribution in [0.3, 0.4) is 0 Å². The molecule has 39 heteroatoms. The lowest BCUT2D eigenvalue weighted by Crippen LogP contribution is -2.57. The van der Waals surface area contributed by atoms with Crippen LogP contribution in [0.1, 0.15) is 168 Å². The number of sulfonamides is 1. The summed E-state index contributed by atoms with van der Waals surface area (Å²) in [5.41, 5.74) is 1.14. The number of alkyl carbamates (subject to hydrolysis) is 2. The number of anilines is 4. The van der Waals surface area contributed by atoms with Crippen molar-refractivity contribution in [3.63, 3.8) is 0 Å². The standard InChI is InChI=1S/C88H116N14O24S/c1-12-34-89-81(111)95-58-23-18-25-60(48-58)127(116,117)100-59-24-17-22-55(47-59)67(50-72(104)121-39-20-35-91-84(114)125-86(6,7)8)98-83(113)94-57-31-29-56(30-32-57)93-82(112)90-37-42-119-44-46-120-45-43-118-41-33-71(103)96-68(51-73(105)122-40-21-36-92-85(115)126-87(9,10)11)78(108)101-38-19-28-69(101)76(106)99-74(54(4)5)79(109)124-88(14-3)65-49-70-75-63(52-102(70)77(107)64(65)53-123-80(88)110)61(13-2)62-26-15-16-27-66(62)97-75/h15-18,22-27,29-32,47-49,54,67-69,74,100H,12-14,19-21,28,33-46,50-53H2,1-11H3,(H,91,114)(H,92,115)(H,96,103)(H,99,106)(H2,89,95,111)(H2,90,93,112)(H2,94,98,113)/t67-,68+,69+,74+,88+/m1/s1. The van der Waals surface area contributed by atoms with Gasteiger partial charge in [0, 0.05) is 78.4 Å². The van der Waals surface area contributed by atoms with E-state index in [1.807, 2.05) is 38.1 Å². The first-order valence-corrected chi connectivity index (χ1v) is 43.9. The van der Waals surface area contributed by atoms with Crippen LogP contribution >= 0.6 is 0 Å². The number of benzene rings is 4. The first-order chi connectivity index (χ1) is 60.5. The largest absolute Gasteiger partial charge is 0.466 e. The van der Waals surface area contributed by atoms with Crippen LogP contribution in [-0.2, 0) is 111 Å². The number of fused-ring (bicyclic) bond motifs is 5. The summed E-state index contributed by atoms with van der Waals surface area (Å²) in [6.45, 7) is 19.8. The molecule has 127 heavy (non-hydrogen) atoms. The first kappa shape index (κ1) is 98.3. The third-order valence-electron chi connectivity index (χ3n) is 20.2. The van der Waals surface area contributed by atoms with Crippen molar-refractivity contribution in [3.8, 4) is 11.4 Å². The fraction of sp³-hybridized carbons (Fsp3) is 0.500. The van der Waals surface area contributed by atoms with Crippen molar-refractivity contribution < 1.29 is 109 Å². The number of likely N-dealkylation sites (tertiary alicyclic amines) is 1. The Morgan fingerprint density at radius 2 is 1.21 bits per heavy atom. The monoisotopic (exact) mass is 1780 g/mol. The molecule has 0 aliphatic carbocycles. The van der Waals surface area contributed by atoms with Crippen LogP contribution in [0.4, 0.5) is 46.7 Å². The van der Waals surface area contributed by atoms with Gasteiger partial charge in [0.05, 0.1) is 106 Å². The summed E-state index contributed by atoms with van der Waals surface area (Å²) in [5.74, 6) is -6.43. The molecule has 6 aromatic rings. The molecule has 0 saturated carbocycles. The Morgan fingerprint density at radius 1 is 0.614 bits per heavy atom. The summed E-state index contributed by atoms with van der Waals surface area (Å²) in [7, 11) is -4.25. The Labute approximate surface area is 736 Å². The van der Waals surface area contributed by atoms with Gasteiger partial charge in [-0.15, -0.1) is 0 Å². The van der Waals surface area contributed by atoms with Crippen LogP contribution in [0.5, 0.6) is 0 Å². The highest BCUT2D eigenvalue weighted by molar-refractivity contribution is 7.92. The fourth-order valence-electron chi connectivity index (χ4n) is 14.1. The van der Waals surface area contributed by atoms with E-state index >= 15 is 0 Å². The predicted molar refractivity (Wildman–Crippen MR) is 467 cm³/mol. The highest BCUT2D eigenvalue weighted by Crippen LogP contribution is 2.43. The average molecular weight is 1790 g/mol. The van der Waals surface area contributed by atoms with Gasteiger partial charge >= 0.3 is 54.2 Å². The molecule has 11 N–H and O–H groups in total. The number of nitrogens with one attached hydrogen (secondary N) is 11. The molecule has 38 nitrogen and oxygen atoms in total. The van der Waals surface area contributed by atoms with Crippen LogP contribution in [0.15, 0.2) is 113 Å². The molecule has 4 aromatic carbocycles. The van der Waals surface area contributed by atoms with Crippen molar-refractivity contribution in [2.24, 2.45) is 5.92 Å². The first-order valence-electron chi connectivity index (χ1n) is 42.5. The summed E-state index contributed by atoms with van der Waals surface area (Å²) in [5, 5.41) is 27.5. The molecule has 1 saturated heterocycles. The molecule has 3 aliphatic heterocycles. The van der Waals surface area contributed by atoms with E-state index in [-0.39, 0.29) is 157 Å². The number of hydrogen-bond donors (Lipinski definition) is 11. The fourth-order valence-corrected chi connectivity index (χ4v) is 15.2. The SMILES string of the molecule is CCCNC(=O)Nc1cccc(S(=O)(=O)Nc2cccc([C@@H](CC(=O)OCCCNC(=O)OC(C)(C)C)NC(=O)Nc3ccc(NC(=O)NCCOCCOCCOCCC(=O)N[C@@H](CC(=O)OCCCNC(=O)OC(C)(C)C)C(=O)N4CCC[C@H]4C(=O)N[C@H](C(=O)O[C@]4(CC)C(=O)OCc5c4cc4n(c5=O)Cc5c-4nc4ccccc4c5CC)C(C)C)cc3)c2)c1. The second kappa shape index (κ2) is 46.1. The molecule has 0 bridgehead atoms. The van der Waals surface area contributed by atoms with Crippen molar-refractivity contribution in [1.82, 2.24) is 51.7 Å². The summed E-state index contributed by atoms with van der Waals surface area (Å²) in [4.78, 5) is 182. The van der Waals surface area contributed by atoms with Crippen LogP contribution in [0, 0.1) is 5.92 Å². The van der Waals surface area contributed by atoms with Crippen molar-refractivity contribution in [1.29, 1.82) is 0 Å². The number of amides is 11. The molecule has 0 spiro atoms. The van der Waals surface area contributed by atoms with E-state index in [4.69, 9.17) is 47.6 Å². The number of hydrogen-bond acceptors (Lipinski definition) is 25. The Morgan fingerprint density at radius 3 is 1.84 bits per heavy atom. The number of rotatable bonds is 43. The lowest BCUT2D eigenvalue weighted by atomic mass is 9.85. The smallest absolute Gasteiger partial charge is 0.407 e. The van der Waals surface area contributed by atoms with Gasteiger partial charge in [-0.1, -0.05) is 71.0 Å². The lowest BCUT2D eigenvalue weighted by Gasteiger charge is -2.37. The maximum Gasteiger partial charge on any atom is 0.407 e. The van der Waals surface area contributed by atoms with Crippen molar-refractivity contribution in [2.45, 2.75) is 199 Å². The highest BCUT2D eigenvalue weighted by Gasteiger charge is 2.52. The molecule has 0 radical (unpaired) electrons. The summed E-state index contributed by atoms with van der Waals surface area (Å²) in [6, 6.07) is 20.0. The molecule has 9 rings (SSSR count). The van der Waals surface area contributed by atoms with E-state index in [1.54, 1.807) is 79.0 Å². The Hall–Kier alpha value is -12.5. The maximum absolute atomic E-state index is 14.7. The Balaban J connectivity index is 0.714. The number of esters is 4. The third-order valence-corrected chi connectivity index (χ3v) is 21.6. The maximum atomic E-state index is 14.7. The van der Waals surface area contributed by atoms with Gasteiger partial charge < -0.3 is 105 Å². The lowest BCUT2D eigenvalue weighted by molar-refractivity contribution is -0.191. The zero-order chi connectivity index (χ0) is 92.2. The number of carbonyl (C=O) groups excluding carboxylic acids is 12. The molecular formula is C88H116N14O24S. The Bertz CT molecular complexity index is 5110. The van der Waals surface area contributed by atoms with Gasteiger partial charge in [-0.2, -0.15) is 0 Å². The number of pyridine rings is 2. The molecular weight excluding hydrogens is 1670 g/mol.